The summed E-state index contributed by atoms with van der Waals surface area (Å²) in [6, 6.07) is 6.64. The molecule has 0 spiro atoms. The van der Waals surface area contributed by atoms with Crippen LogP contribution in [0.4, 0.5) is 13.6 Å². The molecule has 5 nitrogen and oxygen atoms in total. The number of nitrogens with one attached hydrogen (secondary N) is 2. The number of nitrogens with zero attached hydrogens (tertiary/aromatic N) is 1. The molecule has 3 amide bonds. The molecule has 4 rings (SSSR count). The third kappa shape index (κ3) is 2.94. The van der Waals surface area contributed by atoms with Gasteiger partial charge in [0.25, 0.3) is 5.91 Å². The average molecular weight is 381 g/mol. The van der Waals surface area contributed by atoms with Gasteiger partial charge in [-0.1, -0.05) is 18.2 Å². The van der Waals surface area contributed by atoms with Gasteiger partial charge in [0.05, 0.1) is 6.54 Å². The van der Waals surface area contributed by atoms with Crippen molar-refractivity contribution in [1.29, 1.82) is 0 Å². The third-order valence-electron chi connectivity index (χ3n) is 5.01. The first-order valence-electron chi connectivity index (χ1n) is 8.71. The molecule has 0 aliphatic carbocycles. The van der Waals surface area contributed by atoms with E-state index in [1.807, 2.05) is 26.0 Å². The molecular weight excluding hydrogens is 364 g/mol. The number of fused-ring (bicyclic) bond motifs is 1. The summed E-state index contributed by atoms with van der Waals surface area (Å²) in [4.78, 5) is 29.0. The third-order valence-corrected chi connectivity index (χ3v) is 5.01. The van der Waals surface area contributed by atoms with Crippen molar-refractivity contribution in [2.75, 3.05) is 0 Å². The Bertz CT molecular complexity index is 1160. The van der Waals surface area contributed by atoms with E-state index in [0.717, 1.165) is 44.6 Å². The molecule has 7 heteroatoms. The van der Waals surface area contributed by atoms with Crippen molar-refractivity contribution in [2.45, 2.75) is 20.4 Å². The summed E-state index contributed by atoms with van der Waals surface area (Å²) in [6.45, 7) is 3.88. The average Bonchev–Trinajstić information content (AvgIpc) is 3.18. The molecule has 2 aromatic carbocycles. The summed E-state index contributed by atoms with van der Waals surface area (Å²) in [5, 5.41) is 3.49. The number of rotatable bonds is 3. The molecule has 28 heavy (non-hydrogen) atoms. The highest BCUT2D eigenvalue weighted by Gasteiger charge is 2.33. The number of carbonyl (C=O) groups excluding carboxylic acids is 2. The van der Waals surface area contributed by atoms with Crippen LogP contribution in [0.15, 0.2) is 42.2 Å². The van der Waals surface area contributed by atoms with E-state index in [9.17, 15) is 18.4 Å². The lowest BCUT2D eigenvalue weighted by atomic mass is 10.0. The number of halogens is 2. The second-order valence-corrected chi connectivity index (χ2v) is 6.80. The Hall–Kier alpha value is -3.48. The minimum absolute atomic E-state index is 0.131. The van der Waals surface area contributed by atoms with Gasteiger partial charge in [0.15, 0.2) is 11.6 Å². The Kier molecular flexibility index (Phi) is 4.22. The summed E-state index contributed by atoms with van der Waals surface area (Å²) < 4.78 is 26.5. The molecule has 1 saturated heterocycles. The molecule has 0 unspecified atom stereocenters. The Morgan fingerprint density at radius 3 is 2.61 bits per heavy atom. The first-order valence-corrected chi connectivity index (χ1v) is 8.71. The lowest BCUT2D eigenvalue weighted by Gasteiger charge is -2.11. The molecule has 0 radical (unpaired) electrons. The molecule has 1 aliphatic heterocycles. The number of hydrogen-bond donors (Lipinski definition) is 2. The van der Waals surface area contributed by atoms with E-state index in [-0.39, 0.29) is 12.2 Å². The number of amides is 3. The monoisotopic (exact) mass is 381 g/mol. The first kappa shape index (κ1) is 17.9. The predicted molar refractivity (Wildman–Crippen MR) is 101 cm³/mol. The highest BCUT2D eigenvalue weighted by atomic mass is 19.2. The molecule has 0 saturated carbocycles. The van der Waals surface area contributed by atoms with Crippen LogP contribution in [0, 0.1) is 25.5 Å². The van der Waals surface area contributed by atoms with Crippen LogP contribution >= 0.6 is 0 Å². The minimum atomic E-state index is -1.02. The number of urea groups is 1. The number of hydrogen-bond acceptors (Lipinski definition) is 2. The SMILES string of the molecule is Cc1ccc2c(/C=C3\NC(=O)N(Cc4ccc(F)c(F)c4)C3=O)c[nH]c2c1C. The van der Waals surface area contributed by atoms with Gasteiger partial charge >= 0.3 is 6.03 Å². The van der Waals surface area contributed by atoms with E-state index in [1.54, 1.807) is 12.3 Å². The van der Waals surface area contributed by atoms with Gasteiger partial charge in [-0.3, -0.25) is 9.69 Å². The Balaban J connectivity index is 1.63. The van der Waals surface area contributed by atoms with Gasteiger partial charge < -0.3 is 10.3 Å². The van der Waals surface area contributed by atoms with Crippen LogP contribution in [-0.2, 0) is 11.3 Å². The molecule has 2 N–H and O–H groups in total. The highest BCUT2D eigenvalue weighted by molar-refractivity contribution is 6.14. The van der Waals surface area contributed by atoms with Gasteiger partial charge in [-0.05, 0) is 48.7 Å². The smallest absolute Gasteiger partial charge is 0.329 e. The number of imide groups is 1. The maximum absolute atomic E-state index is 13.4. The van der Waals surface area contributed by atoms with E-state index in [2.05, 4.69) is 10.3 Å². The number of carbonyl (C=O) groups is 2. The fourth-order valence-corrected chi connectivity index (χ4v) is 3.28. The molecule has 2 heterocycles. The molecule has 1 aliphatic rings. The highest BCUT2D eigenvalue weighted by Crippen LogP contribution is 2.26. The lowest BCUT2D eigenvalue weighted by molar-refractivity contribution is -0.123. The van der Waals surface area contributed by atoms with E-state index in [1.165, 1.54) is 6.07 Å². The van der Waals surface area contributed by atoms with Gasteiger partial charge in [0, 0.05) is 22.7 Å². The number of aromatic amines is 1. The Labute approximate surface area is 159 Å². The largest absolute Gasteiger partial charge is 0.360 e. The van der Waals surface area contributed by atoms with Crippen LogP contribution in [0.5, 0.6) is 0 Å². The van der Waals surface area contributed by atoms with Crippen molar-refractivity contribution in [3.8, 4) is 0 Å². The number of aryl methyl sites for hydroxylation is 2. The molecular formula is C21H17F2N3O2. The van der Waals surface area contributed by atoms with Gasteiger partial charge in [0.2, 0.25) is 0 Å². The quantitative estimate of drug-likeness (QED) is 0.529. The zero-order valence-electron chi connectivity index (χ0n) is 15.3. The maximum atomic E-state index is 13.4. The van der Waals surface area contributed by atoms with Crippen LogP contribution < -0.4 is 5.32 Å². The first-order chi connectivity index (χ1) is 13.3. The number of benzene rings is 2. The fourth-order valence-electron chi connectivity index (χ4n) is 3.28. The molecule has 3 aromatic rings. The van der Waals surface area contributed by atoms with E-state index in [0.29, 0.717) is 5.56 Å². The van der Waals surface area contributed by atoms with Crippen molar-refractivity contribution >= 4 is 28.9 Å². The van der Waals surface area contributed by atoms with Crippen molar-refractivity contribution in [1.82, 2.24) is 15.2 Å². The van der Waals surface area contributed by atoms with Crippen LogP contribution in [0.1, 0.15) is 22.3 Å². The van der Waals surface area contributed by atoms with Crippen molar-refractivity contribution in [3.05, 3.63) is 76.1 Å². The Morgan fingerprint density at radius 2 is 1.86 bits per heavy atom. The summed E-state index contributed by atoms with van der Waals surface area (Å²) in [5.41, 5.74) is 4.47. The molecule has 0 bridgehead atoms. The normalized spacial score (nSPS) is 15.7. The van der Waals surface area contributed by atoms with Gasteiger partial charge in [-0.15, -0.1) is 0 Å². The van der Waals surface area contributed by atoms with Crippen molar-refractivity contribution < 1.29 is 18.4 Å². The summed E-state index contributed by atoms with van der Waals surface area (Å²) in [5.74, 6) is -2.52. The zero-order valence-corrected chi connectivity index (χ0v) is 15.3. The van der Waals surface area contributed by atoms with Gasteiger partial charge in [-0.2, -0.15) is 0 Å². The fraction of sp³-hybridized carbons (Fsp3) is 0.143. The van der Waals surface area contributed by atoms with Crippen molar-refractivity contribution in [3.63, 3.8) is 0 Å². The van der Waals surface area contributed by atoms with Crippen LogP contribution in [-0.4, -0.2) is 21.8 Å². The van der Waals surface area contributed by atoms with E-state index < -0.39 is 23.6 Å². The predicted octanol–water partition coefficient (Wildman–Crippen LogP) is 4.16. The summed E-state index contributed by atoms with van der Waals surface area (Å²) in [6.07, 6.45) is 3.39. The lowest BCUT2D eigenvalue weighted by Crippen LogP contribution is -2.30. The van der Waals surface area contributed by atoms with Crippen LogP contribution in [0.2, 0.25) is 0 Å². The minimum Gasteiger partial charge on any atom is -0.360 e. The molecule has 142 valence electrons. The summed E-state index contributed by atoms with van der Waals surface area (Å²) in [7, 11) is 0. The standard InChI is InChI=1S/C21H17F2N3O2/c1-11-3-5-15-14(9-24-19(15)12(11)2)8-18-20(27)26(21(28)25-18)10-13-4-6-16(22)17(23)7-13/h3-9,24H,10H2,1-2H3,(H,25,28)/b18-8-. The second-order valence-electron chi connectivity index (χ2n) is 6.80. The van der Waals surface area contributed by atoms with Crippen molar-refractivity contribution in [2.24, 2.45) is 0 Å². The number of aromatic nitrogens is 1. The zero-order chi connectivity index (χ0) is 20.0. The van der Waals surface area contributed by atoms with Crippen LogP contribution in [0.25, 0.3) is 17.0 Å². The van der Waals surface area contributed by atoms with Gasteiger partial charge in [0.1, 0.15) is 5.70 Å². The van der Waals surface area contributed by atoms with E-state index in [4.69, 9.17) is 0 Å². The summed E-state index contributed by atoms with van der Waals surface area (Å²) >= 11 is 0. The molecule has 1 aromatic heterocycles. The van der Waals surface area contributed by atoms with Crippen LogP contribution in [0.3, 0.4) is 0 Å². The molecule has 1 fully saturated rings. The topological polar surface area (TPSA) is 65.2 Å². The van der Waals surface area contributed by atoms with E-state index >= 15 is 0 Å². The molecule has 0 atom stereocenters. The van der Waals surface area contributed by atoms with Gasteiger partial charge in [-0.25, -0.2) is 13.6 Å². The number of H-pyrrole nitrogens is 1. The maximum Gasteiger partial charge on any atom is 0.329 e. The Morgan fingerprint density at radius 1 is 1.07 bits per heavy atom. The second kappa shape index (κ2) is 6.60.